The molecule has 1 aromatic rings. The van der Waals surface area contributed by atoms with Crippen molar-refractivity contribution in [3.63, 3.8) is 0 Å². The summed E-state index contributed by atoms with van der Waals surface area (Å²) in [6, 6.07) is 0. The van der Waals surface area contributed by atoms with Crippen molar-refractivity contribution in [2.75, 3.05) is 32.8 Å². The minimum absolute atomic E-state index is 0.0102. The molecule has 19 heavy (non-hydrogen) atoms. The number of aliphatic hydroxyl groups is 1. The number of aryl methyl sites for hydroxylation is 1. The summed E-state index contributed by atoms with van der Waals surface area (Å²) in [6.07, 6.45) is 2.17. The van der Waals surface area contributed by atoms with Crippen molar-refractivity contribution in [2.24, 2.45) is 5.92 Å². The number of amides is 1. The van der Waals surface area contributed by atoms with E-state index in [-0.39, 0.29) is 12.5 Å². The molecule has 2 heterocycles. The van der Waals surface area contributed by atoms with Crippen LogP contribution in [-0.4, -0.2) is 53.1 Å². The number of hydrogen-bond acceptors (Lipinski definition) is 5. The maximum absolute atomic E-state index is 11.9. The fourth-order valence-electron chi connectivity index (χ4n) is 2.40. The smallest absolute Gasteiger partial charge is 0.254 e. The molecule has 1 aliphatic heterocycles. The molecule has 0 saturated carbocycles. The molecule has 0 spiro atoms. The number of hydrogen-bond donors (Lipinski definition) is 2. The summed E-state index contributed by atoms with van der Waals surface area (Å²) >= 11 is 1.32. The highest BCUT2D eigenvalue weighted by molar-refractivity contribution is 7.03. The Balaban J connectivity index is 1.72. The minimum Gasteiger partial charge on any atom is -0.395 e. The number of aliphatic hydroxyl groups excluding tert-OH is 1. The molecule has 106 valence electrons. The monoisotopic (exact) mass is 283 g/mol. The third kappa shape index (κ3) is 3.99. The van der Waals surface area contributed by atoms with Crippen molar-refractivity contribution in [2.45, 2.75) is 19.8 Å². The van der Waals surface area contributed by atoms with Gasteiger partial charge < -0.3 is 15.3 Å². The fraction of sp³-hybridized carbons (Fsp3) is 0.692. The van der Waals surface area contributed by atoms with Gasteiger partial charge in [0.1, 0.15) is 0 Å². The molecule has 0 atom stereocenters. The number of carbonyl (C=O) groups excluding carboxylic acids is 1. The van der Waals surface area contributed by atoms with Crippen LogP contribution in [0.3, 0.4) is 0 Å². The normalized spacial score (nSPS) is 17.6. The second kappa shape index (κ2) is 6.98. The molecule has 0 unspecified atom stereocenters. The number of aromatic nitrogens is 1. The number of carbonyl (C=O) groups is 1. The number of rotatable bonds is 5. The number of nitrogens with zero attached hydrogens (tertiary/aromatic N) is 2. The summed E-state index contributed by atoms with van der Waals surface area (Å²) in [7, 11) is 0. The van der Waals surface area contributed by atoms with Gasteiger partial charge in [0.15, 0.2) is 0 Å². The Bertz CT molecular complexity index is 414. The van der Waals surface area contributed by atoms with Gasteiger partial charge in [-0.25, -0.2) is 0 Å². The van der Waals surface area contributed by atoms with Crippen molar-refractivity contribution in [1.29, 1.82) is 0 Å². The molecule has 1 aliphatic rings. The summed E-state index contributed by atoms with van der Waals surface area (Å²) in [5, 5.41) is 13.7. The Morgan fingerprint density at radius 2 is 2.32 bits per heavy atom. The van der Waals surface area contributed by atoms with Gasteiger partial charge in [0.25, 0.3) is 5.91 Å². The van der Waals surface area contributed by atoms with Gasteiger partial charge in [-0.3, -0.25) is 4.79 Å². The van der Waals surface area contributed by atoms with Crippen LogP contribution in [0.2, 0.25) is 0 Å². The number of nitrogens with one attached hydrogen (secondary N) is 1. The van der Waals surface area contributed by atoms with E-state index in [2.05, 4.69) is 14.6 Å². The lowest BCUT2D eigenvalue weighted by Gasteiger charge is -2.31. The average molecular weight is 283 g/mol. The van der Waals surface area contributed by atoms with Crippen LogP contribution in [0.15, 0.2) is 5.38 Å². The zero-order valence-corrected chi connectivity index (χ0v) is 12.1. The molecule has 0 aromatic carbocycles. The Labute approximate surface area is 117 Å². The van der Waals surface area contributed by atoms with Crippen LogP contribution < -0.4 is 5.32 Å². The highest BCUT2D eigenvalue weighted by atomic mass is 32.1. The lowest BCUT2D eigenvalue weighted by Crippen LogP contribution is -2.39. The molecule has 1 fully saturated rings. The Morgan fingerprint density at radius 3 is 2.89 bits per heavy atom. The molecule has 1 amide bonds. The van der Waals surface area contributed by atoms with Gasteiger partial charge >= 0.3 is 0 Å². The van der Waals surface area contributed by atoms with E-state index in [1.807, 2.05) is 6.92 Å². The topological polar surface area (TPSA) is 65.5 Å². The van der Waals surface area contributed by atoms with E-state index in [9.17, 15) is 4.79 Å². The van der Waals surface area contributed by atoms with Gasteiger partial charge in [-0.15, -0.1) is 0 Å². The molecule has 2 rings (SSSR count). The molecule has 5 nitrogen and oxygen atoms in total. The predicted molar refractivity (Wildman–Crippen MR) is 75.4 cm³/mol. The van der Waals surface area contributed by atoms with Crippen molar-refractivity contribution >= 4 is 17.4 Å². The Kier molecular flexibility index (Phi) is 5.30. The van der Waals surface area contributed by atoms with Gasteiger partial charge in [-0.1, -0.05) is 0 Å². The molecular formula is C13H21N3O2S. The number of β-amino-alcohol motifs (C(OH)–C–C–N with tert-alkyl or cyclic N) is 1. The Hall–Kier alpha value is -0.980. The van der Waals surface area contributed by atoms with E-state index in [1.54, 1.807) is 5.38 Å². The van der Waals surface area contributed by atoms with E-state index >= 15 is 0 Å². The van der Waals surface area contributed by atoms with Crippen LogP contribution in [0.25, 0.3) is 0 Å². The second-order valence-corrected chi connectivity index (χ2v) is 5.66. The standard InChI is InChI=1S/C13H21N3O2S/c1-10-12(9-19-15-10)13(18)14-8-11-2-4-16(5-3-11)6-7-17/h9,11,17H,2-8H2,1H3,(H,14,18). The maximum Gasteiger partial charge on any atom is 0.254 e. The van der Waals surface area contributed by atoms with Crippen molar-refractivity contribution < 1.29 is 9.90 Å². The zero-order chi connectivity index (χ0) is 13.7. The summed E-state index contributed by atoms with van der Waals surface area (Å²) in [5.41, 5.74) is 1.50. The molecule has 0 radical (unpaired) electrons. The SMILES string of the molecule is Cc1nscc1C(=O)NCC1CCN(CCO)CC1. The first-order valence-corrected chi connectivity index (χ1v) is 7.56. The van der Waals surface area contributed by atoms with Gasteiger partial charge in [0.2, 0.25) is 0 Å². The third-order valence-corrected chi connectivity index (χ3v) is 4.39. The van der Waals surface area contributed by atoms with Crippen molar-refractivity contribution in [1.82, 2.24) is 14.6 Å². The van der Waals surface area contributed by atoms with E-state index in [1.165, 1.54) is 11.5 Å². The van der Waals surface area contributed by atoms with Crippen LogP contribution in [0.1, 0.15) is 28.9 Å². The zero-order valence-electron chi connectivity index (χ0n) is 11.3. The molecule has 0 aliphatic carbocycles. The lowest BCUT2D eigenvalue weighted by molar-refractivity contribution is 0.0932. The van der Waals surface area contributed by atoms with E-state index < -0.39 is 0 Å². The highest BCUT2D eigenvalue weighted by Gasteiger charge is 2.20. The summed E-state index contributed by atoms with van der Waals surface area (Å²) in [5.74, 6) is 0.537. The second-order valence-electron chi connectivity index (χ2n) is 5.03. The molecule has 1 aromatic heterocycles. The predicted octanol–water partition coefficient (Wildman–Crippen LogP) is 0.886. The first-order chi connectivity index (χ1) is 9.20. The minimum atomic E-state index is -0.0102. The first-order valence-electron chi connectivity index (χ1n) is 6.73. The summed E-state index contributed by atoms with van der Waals surface area (Å²) in [6.45, 7) is 5.62. The van der Waals surface area contributed by atoms with Crippen LogP contribution in [0.5, 0.6) is 0 Å². The molecule has 0 bridgehead atoms. The van der Waals surface area contributed by atoms with E-state index in [0.717, 1.165) is 44.7 Å². The van der Waals surface area contributed by atoms with Crippen molar-refractivity contribution in [3.05, 3.63) is 16.6 Å². The molecule has 6 heteroatoms. The van der Waals surface area contributed by atoms with Gasteiger partial charge in [-0.05, 0) is 50.3 Å². The summed E-state index contributed by atoms with van der Waals surface area (Å²) in [4.78, 5) is 14.2. The largest absolute Gasteiger partial charge is 0.395 e. The van der Waals surface area contributed by atoms with E-state index in [4.69, 9.17) is 5.11 Å². The van der Waals surface area contributed by atoms with Crippen LogP contribution in [-0.2, 0) is 0 Å². The van der Waals surface area contributed by atoms with E-state index in [0.29, 0.717) is 11.5 Å². The lowest BCUT2D eigenvalue weighted by atomic mass is 9.96. The molecule has 2 N–H and O–H groups in total. The maximum atomic E-state index is 11.9. The number of likely N-dealkylation sites (tertiary alicyclic amines) is 1. The first kappa shape index (κ1) is 14.4. The van der Waals surface area contributed by atoms with Gasteiger partial charge in [-0.2, -0.15) is 4.37 Å². The molecule has 1 saturated heterocycles. The fourth-order valence-corrected chi connectivity index (χ4v) is 3.09. The van der Waals surface area contributed by atoms with Gasteiger partial charge in [0.05, 0.1) is 17.9 Å². The average Bonchev–Trinajstić information content (AvgIpc) is 2.84. The third-order valence-electron chi connectivity index (χ3n) is 3.67. The van der Waals surface area contributed by atoms with Crippen molar-refractivity contribution in [3.8, 4) is 0 Å². The van der Waals surface area contributed by atoms with Crippen LogP contribution in [0.4, 0.5) is 0 Å². The number of piperidine rings is 1. The van der Waals surface area contributed by atoms with Crippen LogP contribution in [0, 0.1) is 12.8 Å². The molecular weight excluding hydrogens is 262 g/mol. The summed E-state index contributed by atoms with van der Waals surface area (Å²) < 4.78 is 4.11. The highest BCUT2D eigenvalue weighted by Crippen LogP contribution is 2.16. The quantitative estimate of drug-likeness (QED) is 0.842. The van der Waals surface area contributed by atoms with Gasteiger partial charge in [0, 0.05) is 18.5 Å². The Morgan fingerprint density at radius 1 is 1.58 bits per heavy atom. The van der Waals surface area contributed by atoms with Crippen LogP contribution >= 0.6 is 11.5 Å².